The van der Waals surface area contributed by atoms with Gasteiger partial charge >= 0.3 is 6.18 Å². The molecule has 7 nitrogen and oxygen atoms in total. The minimum absolute atomic E-state index is 0.149. The maximum Gasteiger partial charge on any atom is 0.417 e. The number of amides is 2. The van der Waals surface area contributed by atoms with Gasteiger partial charge in [-0.05, 0) is 61.7 Å². The predicted molar refractivity (Wildman–Crippen MR) is 162 cm³/mol. The lowest BCUT2D eigenvalue weighted by Crippen LogP contribution is -2.52. The molecule has 1 atom stereocenters. The smallest absolute Gasteiger partial charge is 0.354 e. The van der Waals surface area contributed by atoms with Crippen LogP contribution in [0, 0.1) is 6.92 Å². The molecular weight excluding hydrogens is 626 g/mol. The summed E-state index contributed by atoms with van der Waals surface area (Å²) < 4.78 is 69.8. The van der Waals surface area contributed by atoms with Crippen LogP contribution in [0.3, 0.4) is 0 Å². The molecule has 2 amide bonds. The van der Waals surface area contributed by atoms with E-state index in [-0.39, 0.29) is 17.9 Å². The molecule has 43 heavy (non-hydrogen) atoms. The summed E-state index contributed by atoms with van der Waals surface area (Å²) in [6.07, 6.45) is -4.08. The van der Waals surface area contributed by atoms with Crippen molar-refractivity contribution in [1.82, 2.24) is 10.2 Å². The van der Waals surface area contributed by atoms with Crippen molar-refractivity contribution in [3.05, 3.63) is 93.5 Å². The van der Waals surface area contributed by atoms with Gasteiger partial charge in [0.1, 0.15) is 12.6 Å². The number of carbonyl (C=O) groups is 2. The predicted octanol–water partition coefficient (Wildman–Crippen LogP) is 6.85. The Morgan fingerprint density at radius 1 is 0.953 bits per heavy atom. The van der Waals surface area contributed by atoms with Crippen LogP contribution < -0.4 is 9.62 Å². The number of anilines is 1. The number of rotatable bonds is 12. The lowest BCUT2D eigenvalue weighted by atomic mass is 10.1. The van der Waals surface area contributed by atoms with Gasteiger partial charge in [0.25, 0.3) is 10.0 Å². The molecule has 0 radical (unpaired) electrons. The van der Waals surface area contributed by atoms with E-state index in [4.69, 9.17) is 23.2 Å². The van der Waals surface area contributed by atoms with Gasteiger partial charge in [-0.1, -0.05) is 72.9 Å². The number of alkyl halides is 3. The Kier molecular flexibility index (Phi) is 11.5. The second-order valence-corrected chi connectivity index (χ2v) is 12.5. The molecule has 0 saturated heterocycles. The number of hydrogen-bond acceptors (Lipinski definition) is 4. The highest BCUT2D eigenvalue weighted by molar-refractivity contribution is 7.92. The molecule has 0 unspecified atom stereocenters. The van der Waals surface area contributed by atoms with Crippen LogP contribution in [0.2, 0.25) is 10.0 Å². The van der Waals surface area contributed by atoms with Gasteiger partial charge in [-0.3, -0.25) is 13.9 Å². The Balaban J connectivity index is 2.15. The van der Waals surface area contributed by atoms with E-state index >= 15 is 0 Å². The van der Waals surface area contributed by atoms with Crippen molar-refractivity contribution in [2.45, 2.75) is 57.3 Å². The first-order valence-corrected chi connectivity index (χ1v) is 15.7. The summed E-state index contributed by atoms with van der Waals surface area (Å²) in [7, 11) is -4.57. The summed E-state index contributed by atoms with van der Waals surface area (Å²) >= 11 is 12.2. The van der Waals surface area contributed by atoms with Gasteiger partial charge in [-0.2, -0.15) is 13.2 Å². The minimum Gasteiger partial charge on any atom is -0.354 e. The van der Waals surface area contributed by atoms with Gasteiger partial charge in [0.05, 0.1) is 21.2 Å². The van der Waals surface area contributed by atoms with Gasteiger partial charge in [0, 0.05) is 18.1 Å². The van der Waals surface area contributed by atoms with Crippen LogP contribution in [0.4, 0.5) is 18.9 Å². The molecule has 0 aromatic heterocycles. The fraction of sp³-hybridized carbons (Fsp3) is 0.333. The van der Waals surface area contributed by atoms with E-state index in [2.05, 4.69) is 5.32 Å². The molecule has 3 aromatic carbocycles. The van der Waals surface area contributed by atoms with E-state index in [0.29, 0.717) is 33.9 Å². The minimum atomic E-state index is -4.89. The van der Waals surface area contributed by atoms with Crippen molar-refractivity contribution >= 4 is 50.7 Å². The molecular formula is C30H32Cl2F3N3O4S. The van der Waals surface area contributed by atoms with E-state index in [1.165, 1.54) is 29.2 Å². The first-order chi connectivity index (χ1) is 20.2. The van der Waals surface area contributed by atoms with Crippen molar-refractivity contribution in [1.29, 1.82) is 0 Å². The quantitative estimate of drug-likeness (QED) is 0.231. The maximum atomic E-state index is 14.1. The molecule has 13 heteroatoms. The molecule has 0 spiro atoms. The Hall–Kier alpha value is -3.28. The first kappa shape index (κ1) is 34.2. The largest absolute Gasteiger partial charge is 0.417 e. The highest BCUT2D eigenvalue weighted by Gasteiger charge is 2.37. The molecule has 0 fully saturated rings. The zero-order chi connectivity index (χ0) is 31.9. The molecule has 3 aromatic rings. The fourth-order valence-electron chi connectivity index (χ4n) is 4.35. The van der Waals surface area contributed by atoms with Crippen molar-refractivity contribution in [3.8, 4) is 0 Å². The molecule has 3 rings (SSSR count). The number of carbonyl (C=O) groups excluding carboxylic acids is 2. The number of hydrogen-bond donors (Lipinski definition) is 1. The SMILES string of the molecule is CCCNC(=O)[C@H](CC)N(Cc1ccccc1Cl)C(=O)CN(c1ccc(Cl)c(C(F)(F)F)c1)S(=O)(=O)c1ccc(C)cc1. The standard InChI is InChI=1S/C30H32Cl2F3N3O4S/c1-4-16-36-29(40)27(5-2)37(18-21-8-6-7-9-25(21)31)28(39)19-38(43(41,42)23-13-10-20(3)11-14-23)22-12-15-26(32)24(17-22)30(33,34)35/h6-15,17,27H,4-5,16,18-19H2,1-3H3,(H,36,40)/t27-/m0/s1. The fourth-order valence-corrected chi connectivity index (χ4v) is 6.17. The number of aryl methyl sites for hydroxylation is 1. The number of benzene rings is 3. The zero-order valence-corrected chi connectivity index (χ0v) is 26.1. The molecule has 0 aliphatic carbocycles. The Morgan fingerprint density at radius 3 is 2.19 bits per heavy atom. The summed E-state index contributed by atoms with van der Waals surface area (Å²) in [5.74, 6) is -1.28. The van der Waals surface area contributed by atoms with E-state index in [9.17, 15) is 31.2 Å². The number of nitrogens with one attached hydrogen (secondary N) is 1. The highest BCUT2D eigenvalue weighted by Crippen LogP contribution is 2.38. The third-order valence-corrected chi connectivity index (χ3v) is 9.15. The highest BCUT2D eigenvalue weighted by atomic mass is 35.5. The van der Waals surface area contributed by atoms with Crippen molar-refractivity contribution in [3.63, 3.8) is 0 Å². The second kappa shape index (κ2) is 14.5. The van der Waals surface area contributed by atoms with Crippen LogP contribution in [0.15, 0.2) is 71.6 Å². The molecule has 0 aliphatic heterocycles. The third kappa shape index (κ3) is 8.43. The number of sulfonamides is 1. The number of nitrogens with zero attached hydrogens (tertiary/aromatic N) is 2. The summed E-state index contributed by atoms with van der Waals surface area (Å²) in [6.45, 7) is 4.60. The second-order valence-electron chi connectivity index (χ2n) is 9.81. The van der Waals surface area contributed by atoms with Crippen LogP contribution in [-0.2, 0) is 32.3 Å². The Morgan fingerprint density at radius 2 is 1.60 bits per heavy atom. The van der Waals surface area contributed by atoms with Crippen LogP contribution in [0.5, 0.6) is 0 Å². The van der Waals surface area contributed by atoms with Crippen molar-refractivity contribution in [2.75, 3.05) is 17.4 Å². The summed E-state index contributed by atoms with van der Waals surface area (Å²) in [5.41, 5.74) is -0.436. The Bertz CT molecular complexity index is 1550. The summed E-state index contributed by atoms with van der Waals surface area (Å²) in [6, 6.07) is 13.9. The summed E-state index contributed by atoms with van der Waals surface area (Å²) in [5, 5.41) is 2.45. The molecule has 0 aliphatic rings. The summed E-state index contributed by atoms with van der Waals surface area (Å²) in [4.78, 5) is 28.2. The van der Waals surface area contributed by atoms with Crippen LogP contribution in [-0.4, -0.2) is 44.3 Å². The van der Waals surface area contributed by atoms with Crippen molar-refractivity contribution in [2.24, 2.45) is 0 Å². The van der Waals surface area contributed by atoms with E-state index in [1.54, 1.807) is 38.1 Å². The van der Waals surface area contributed by atoms with Gasteiger partial charge in [0.2, 0.25) is 11.8 Å². The van der Waals surface area contributed by atoms with E-state index in [0.717, 1.165) is 17.7 Å². The van der Waals surface area contributed by atoms with Gasteiger partial charge in [0.15, 0.2) is 0 Å². The monoisotopic (exact) mass is 657 g/mol. The average Bonchev–Trinajstić information content (AvgIpc) is 2.95. The van der Waals surface area contributed by atoms with Gasteiger partial charge in [-0.25, -0.2) is 8.42 Å². The van der Waals surface area contributed by atoms with Crippen LogP contribution in [0.25, 0.3) is 0 Å². The third-order valence-electron chi connectivity index (χ3n) is 6.66. The zero-order valence-electron chi connectivity index (χ0n) is 23.8. The van der Waals surface area contributed by atoms with Crippen LogP contribution >= 0.6 is 23.2 Å². The Labute approximate surface area is 259 Å². The molecule has 0 bridgehead atoms. The lowest BCUT2D eigenvalue weighted by Gasteiger charge is -2.33. The normalized spacial score (nSPS) is 12.5. The average molecular weight is 659 g/mol. The molecule has 232 valence electrons. The lowest BCUT2D eigenvalue weighted by molar-refractivity contribution is -0.140. The van der Waals surface area contributed by atoms with Crippen molar-refractivity contribution < 1.29 is 31.2 Å². The first-order valence-electron chi connectivity index (χ1n) is 13.5. The van der Waals surface area contributed by atoms with E-state index in [1.807, 2.05) is 6.92 Å². The molecule has 1 N–H and O–H groups in total. The van der Waals surface area contributed by atoms with E-state index < -0.39 is 56.9 Å². The maximum absolute atomic E-state index is 14.1. The van der Waals surface area contributed by atoms with Crippen LogP contribution in [0.1, 0.15) is 43.4 Å². The topological polar surface area (TPSA) is 86.8 Å². The van der Waals surface area contributed by atoms with Gasteiger partial charge in [-0.15, -0.1) is 0 Å². The molecule has 0 saturated carbocycles. The molecule has 0 heterocycles. The van der Waals surface area contributed by atoms with Gasteiger partial charge < -0.3 is 10.2 Å². The number of halogens is 5.